The molecule has 1 amide bonds. The van der Waals surface area contributed by atoms with Crippen LogP contribution in [0.4, 0.5) is 8.78 Å². The number of likely N-dealkylation sites (tertiary alicyclic amines) is 1. The fourth-order valence-corrected chi connectivity index (χ4v) is 5.90. The Bertz CT molecular complexity index is 2020. The summed E-state index contributed by atoms with van der Waals surface area (Å²) >= 11 is 0. The maximum Gasteiger partial charge on any atom is 0.219 e. The van der Waals surface area contributed by atoms with E-state index in [1.54, 1.807) is 49.4 Å². The number of pyridine rings is 1. The van der Waals surface area contributed by atoms with Gasteiger partial charge in [0.05, 0.1) is 28.4 Å². The van der Waals surface area contributed by atoms with Gasteiger partial charge in [-0.2, -0.15) is 5.26 Å². The molecule has 1 N–H and O–H groups in total. The number of hydrogen-bond donors (Lipinski definition) is 1. The van der Waals surface area contributed by atoms with E-state index in [-0.39, 0.29) is 47.7 Å². The minimum absolute atomic E-state index is 0.0176. The number of aliphatic hydroxyl groups excluding tert-OH is 1. The molecule has 46 heavy (non-hydrogen) atoms. The minimum Gasteiger partial charge on any atom is -0.508 e. The van der Waals surface area contributed by atoms with Crippen LogP contribution >= 0.6 is 0 Å². The van der Waals surface area contributed by atoms with E-state index in [1.807, 2.05) is 21.6 Å². The molecule has 8 nitrogen and oxygen atoms in total. The lowest BCUT2D eigenvalue weighted by Crippen LogP contribution is -2.36. The van der Waals surface area contributed by atoms with E-state index >= 15 is 4.39 Å². The van der Waals surface area contributed by atoms with Crippen molar-refractivity contribution in [1.29, 1.82) is 5.26 Å². The number of rotatable bonds is 9. The average Bonchev–Trinajstić information content (AvgIpc) is 3.66. The van der Waals surface area contributed by atoms with Gasteiger partial charge in [-0.3, -0.25) is 4.79 Å². The lowest BCUT2D eigenvalue weighted by atomic mass is 10.1. The van der Waals surface area contributed by atoms with Gasteiger partial charge in [0, 0.05) is 55.2 Å². The van der Waals surface area contributed by atoms with E-state index in [0.29, 0.717) is 46.8 Å². The van der Waals surface area contributed by atoms with E-state index < -0.39 is 11.6 Å². The van der Waals surface area contributed by atoms with Crippen LogP contribution in [0.1, 0.15) is 47.8 Å². The van der Waals surface area contributed by atoms with Crippen LogP contribution in [0.25, 0.3) is 28.0 Å². The molecule has 3 aromatic carbocycles. The number of amides is 1. The second kappa shape index (κ2) is 12.8. The third kappa shape index (κ3) is 6.31. The summed E-state index contributed by atoms with van der Waals surface area (Å²) in [5.41, 5.74) is 4.00. The topological polar surface area (TPSA) is 104 Å². The Kier molecular flexibility index (Phi) is 8.49. The van der Waals surface area contributed by atoms with Crippen LogP contribution in [0.15, 0.2) is 79.4 Å². The first-order chi connectivity index (χ1) is 22.2. The zero-order valence-corrected chi connectivity index (χ0v) is 25.2. The minimum atomic E-state index is -0.542. The lowest BCUT2D eigenvalue weighted by molar-refractivity contribution is -0.129. The number of carbonyl (C=O) groups excluding carboxylic acids is 1. The molecule has 3 heterocycles. The van der Waals surface area contributed by atoms with Crippen molar-refractivity contribution in [2.75, 3.05) is 6.54 Å². The molecule has 1 atom stereocenters. The molecule has 1 saturated heterocycles. The molecule has 2 aromatic heterocycles. The second-order valence-electron chi connectivity index (χ2n) is 11.3. The summed E-state index contributed by atoms with van der Waals surface area (Å²) in [7, 11) is 0. The van der Waals surface area contributed by atoms with Crippen molar-refractivity contribution in [2.45, 2.75) is 45.4 Å². The van der Waals surface area contributed by atoms with Crippen LogP contribution in [0.2, 0.25) is 0 Å². The standard InChI is InChI=1S/C36H31F2N5O3/c1-22(44)25-12-13-33-34(17-25)43(20-29-5-4-14-42(29)23(2)45)35(40-33)18-26-10-11-27(16-31(26)38)32-6-3-7-36(41-32)46-21-28-9-8-24(19-39)15-30(28)37/h3,6-13,15-17,29,44H,1,4-5,14,18,20-21H2,2H3/t29-/m0/s1. The average molecular weight is 620 g/mol. The SMILES string of the molecule is C=C(O)c1ccc2nc(Cc3ccc(-c4cccc(OCc5ccc(C#N)cc5F)n4)cc3F)n(C[C@@H]3CCCN3C(C)=O)c2c1. The number of ether oxygens (including phenoxy) is 1. The van der Waals surface area contributed by atoms with Crippen molar-refractivity contribution in [1.82, 2.24) is 19.4 Å². The van der Waals surface area contributed by atoms with Gasteiger partial charge in [-0.05, 0) is 60.9 Å². The first-order valence-electron chi connectivity index (χ1n) is 14.9. The fourth-order valence-electron chi connectivity index (χ4n) is 5.90. The molecular weight excluding hydrogens is 588 g/mol. The van der Waals surface area contributed by atoms with Crippen molar-refractivity contribution in [3.8, 4) is 23.2 Å². The van der Waals surface area contributed by atoms with Crippen LogP contribution in [-0.2, 0) is 24.4 Å². The number of benzene rings is 3. The zero-order valence-electron chi connectivity index (χ0n) is 25.2. The number of imidazole rings is 1. The number of aromatic nitrogens is 3. The van der Waals surface area contributed by atoms with Crippen molar-refractivity contribution in [3.63, 3.8) is 0 Å². The van der Waals surface area contributed by atoms with Crippen molar-refractivity contribution >= 4 is 22.7 Å². The summed E-state index contributed by atoms with van der Waals surface area (Å²) < 4.78 is 37.7. The normalized spacial score (nSPS) is 14.4. The summed E-state index contributed by atoms with van der Waals surface area (Å²) in [5, 5.41) is 19.0. The molecule has 1 fully saturated rings. The quantitative estimate of drug-likeness (QED) is 0.179. The van der Waals surface area contributed by atoms with E-state index in [9.17, 15) is 14.3 Å². The number of hydrogen-bond acceptors (Lipinski definition) is 6. The van der Waals surface area contributed by atoms with Crippen molar-refractivity contribution in [3.05, 3.63) is 119 Å². The highest BCUT2D eigenvalue weighted by atomic mass is 19.1. The smallest absolute Gasteiger partial charge is 0.219 e. The van der Waals surface area contributed by atoms with Gasteiger partial charge in [0.2, 0.25) is 11.8 Å². The lowest BCUT2D eigenvalue weighted by Gasteiger charge is -2.25. The molecule has 232 valence electrons. The maximum atomic E-state index is 15.7. The molecule has 1 aliphatic heterocycles. The first kappa shape index (κ1) is 30.5. The van der Waals surface area contributed by atoms with Gasteiger partial charge in [-0.15, -0.1) is 0 Å². The number of nitrogens with zero attached hydrogens (tertiary/aromatic N) is 5. The molecule has 0 unspecified atom stereocenters. The first-order valence-corrected chi connectivity index (χ1v) is 14.9. The predicted molar refractivity (Wildman–Crippen MR) is 170 cm³/mol. The Hall–Kier alpha value is -5.56. The monoisotopic (exact) mass is 619 g/mol. The Labute approximate surface area is 264 Å². The third-order valence-electron chi connectivity index (χ3n) is 8.31. The highest BCUT2D eigenvalue weighted by Gasteiger charge is 2.28. The second-order valence-corrected chi connectivity index (χ2v) is 11.3. The van der Waals surface area contributed by atoms with Gasteiger partial charge in [0.1, 0.15) is 29.8 Å². The highest BCUT2D eigenvalue weighted by Crippen LogP contribution is 2.28. The highest BCUT2D eigenvalue weighted by molar-refractivity contribution is 5.80. The summed E-state index contributed by atoms with van der Waals surface area (Å²) in [6.45, 7) is 6.33. The summed E-state index contributed by atoms with van der Waals surface area (Å²) in [6.07, 6.45) is 1.97. The van der Waals surface area contributed by atoms with Gasteiger partial charge in [-0.25, -0.2) is 18.7 Å². The number of fused-ring (bicyclic) bond motifs is 1. The largest absolute Gasteiger partial charge is 0.508 e. The molecule has 0 spiro atoms. The number of carbonyl (C=O) groups is 1. The summed E-state index contributed by atoms with van der Waals surface area (Å²) in [4.78, 5) is 23.5. The third-order valence-corrected chi connectivity index (χ3v) is 8.31. The number of halogens is 2. The van der Waals surface area contributed by atoms with Crippen molar-refractivity contribution in [2.24, 2.45) is 0 Å². The molecule has 0 radical (unpaired) electrons. The predicted octanol–water partition coefficient (Wildman–Crippen LogP) is 6.96. The molecule has 10 heteroatoms. The molecule has 0 saturated carbocycles. The maximum absolute atomic E-state index is 15.7. The van der Waals surface area contributed by atoms with E-state index in [4.69, 9.17) is 15.0 Å². The Morgan fingerprint density at radius 3 is 2.61 bits per heavy atom. The Morgan fingerprint density at radius 2 is 1.87 bits per heavy atom. The molecule has 6 rings (SSSR count). The van der Waals surface area contributed by atoms with Crippen LogP contribution < -0.4 is 4.74 Å². The Balaban J connectivity index is 1.25. The number of aliphatic hydroxyl groups is 1. The number of nitriles is 1. The van der Waals surface area contributed by atoms with Gasteiger partial charge in [0.25, 0.3) is 0 Å². The summed E-state index contributed by atoms with van der Waals surface area (Å²) in [6, 6.07) is 21.4. The van der Waals surface area contributed by atoms with Gasteiger partial charge >= 0.3 is 0 Å². The summed E-state index contributed by atoms with van der Waals surface area (Å²) in [5.74, 6) is -0.130. The van der Waals surface area contributed by atoms with E-state index in [1.165, 1.54) is 18.2 Å². The van der Waals surface area contributed by atoms with Gasteiger partial charge < -0.3 is 19.3 Å². The van der Waals surface area contributed by atoms with Crippen molar-refractivity contribution < 1.29 is 23.4 Å². The molecular formula is C36H31F2N5O3. The molecule has 0 bridgehead atoms. The fraction of sp³-hybridized carbons (Fsp3) is 0.222. The van der Waals surface area contributed by atoms with Gasteiger partial charge in [0.15, 0.2) is 0 Å². The molecule has 1 aliphatic rings. The van der Waals surface area contributed by atoms with Gasteiger partial charge in [-0.1, -0.05) is 30.8 Å². The van der Waals surface area contributed by atoms with E-state index in [2.05, 4.69) is 11.6 Å². The van der Waals surface area contributed by atoms with Crippen LogP contribution in [-0.4, -0.2) is 43.0 Å². The molecule has 5 aromatic rings. The zero-order chi connectivity index (χ0) is 32.4. The van der Waals surface area contributed by atoms with Crippen LogP contribution in [0.5, 0.6) is 5.88 Å². The molecule has 0 aliphatic carbocycles. The van der Waals surface area contributed by atoms with E-state index in [0.717, 1.165) is 24.4 Å². The van der Waals surface area contributed by atoms with Crippen LogP contribution in [0, 0.1) is 23.0 Å². The van der Waals surface area contributed by atoms with Crippen LogP contribution in [0.3, 0.4) is 0 Å². The Morgan fingerprint density at radius 1 is 1.07 bits per heavy atom.